The lowest BCUT2D eigenvalue weighted by Gasteiger charge is -2.37. The van der Waals surface area contributed by atoms with E-state index in [1.165, 1.54) is 77.0 Å². The van der Waals surface area contributed by atoms with Gasteiger partial charge in [0.2, 0.25) is 0 Å². The molecule has 172 valence electrons. The molecule has 3 rings (SSSR count). The molecular formula is C27H47NO2. The molecule has 3 nitrogen and oxygen atoms in total. The van der Waals surface area contributed by atoms with Crippen LogP contribution >= 0.6 is 0 Å². The lowest BCUT2D eigenvalue weighted by Crippen LogP contribution is -2.32. The van der Waals surface area contributed by atoms with Gasteiger partial charge in [0.05, 0.1) is 5.92 Å². The summed E-state index contributed by atoms with van der Waals surface area (Å²) in [7, 11) is 0. The molecule has 0 atom stereocenters. The van der Waals surface area contributed by atoms with Crippen LogP contribution < -0.4 is 0 Å². The third-order valence-corrected chi connectivity index (χ3v) is 8.56. The summed E-state index contributed by atoms with van der Waals surface area (Å²) in [4.78, 5) is 16.8. The Hall–Kier alpha value is -0.860. The Bertz CT molecular complexity index is 495. The highest BCUT2D eigenvalue weighted by Crippen LogP contribution is 2.42. The summed E-state index contributed by atoms with van der Waals surface area (Å²) in [5.74, 6) is 3.06. The van der Waals surface area contributed by atoms with Crippen LogP contribution in [0.5, 0.6) is 0 Å². The van der Waals surface area contributed by atoms with E-state index < -0.39 is 0 Å². The van der Waals surface area contributed by atoms with Crippen molar-refractivity contribution in [2.45, 2.75) is 135 Å². The molecule has 0 unspecified atom stereocenters. The Kier molecular flexibility index (Phi) is 10.2. The first-order chi connectivity index (χ1) is 14.7. The Morgan fingerprint density at radius 1 is 0.800 bits per heavy atom. The predicted octanol–water partition coefficient (Wildman–Crippen LogP) is 7.51. The number of carbonyl (C=O) groups excluding carboxylic acids is 1. The fourth-order valence-electron chi connectivity index (χ4n) is 6.42. The van der Waals surface area contributed by atoms with Gasteiger partial charge >= 0.3 is 5.97 Å². The predicted molar refractivity (Wildman–Crippen MR) is 126 cm³/mol. The Morgan fingerprint density at radius 2 is 1.40 bits per heavy atom. The van der Waals surface area contributed by atoms with Crippen molar-refractivity contribution in [3.05, 3.63) is 0 Å². The summed E-state index contributed by atoms with van der Waals surface area (Å²) in [6.45, 7) is 5.95. The Morgan fingerprint density at radius 3 is 2.00 bits per heavy atom. The van der Waals surface area contributed by atoms with Crippen LogP contribution in [0, 0.1) is 23.7 Å². The maximum atomic E-state index is 12.7. The molecule has 0 spiro atoms. The van der Waals surface area contributed by atoms with Crippen LogP contribution in [0.25, 0.3) is 0 Å². The standard InChI is InChI=1S/C27H47NO2/c1-3-4-5-6-7-8-21-9-11-22(12-10-21)23-13-15-24(16-14-23)27(29)30-26-19-17-25(28-2)18-20-26/h21-26H,2-20H2,1H3. The second-order valence-corrected chi connectivity index (χ2v) is 10.6. The zero-order valence-electron chi connectivity index (χ0n) is 19.7. The SMILES string of the molecule is C=NC1CCC(OC(=O)C2CCC(C3CCC(CCCCCCC)CC3)CC2)CC1. The van der Waals surface area contributed by atoms with E-state index in [2.05, 4.69) is 18.6 Å². The van der Waals surface area contributed by atoms with Crippen molar-refractivity contribution in [1.82, 2.24) is 0 Å². The molecule has 0 bridgehead atoms. The van der Waals surface area contributed by atoms with Crippen molar-refractivity contribution < 1.29 is 9.53 Å². The minimum absolute atomic E-state index is 0.0928. The zero-order valence-corrected chi connectivity index (χ0v) is 19.7. The van der Waals surface area contributed by atoms with Crippen LogP contribution in [-0.4, -0.2) is 24.8 Å². The smallest absolute Gasteiger partial charge is 0.309 e. The second-order valence-electron chi connectivity index (χ2n) is 10.6. The van der Waals surface area contributed by atoms with E-state index in [0.717, 1.165) is 56.3 Å². The van der Waals surface area contributed by atoms with Gasteiger partial charge < -0.3 is 4.74 Å². The van der Waals surface area contributed by atoms with E-state index >= 15 is 0 Å². The largest absolute Gasteiger partial charge is 0.462 e. The molecular weight excluding hydrogens is 370 g/mol. The summed E-state index contributed by atoms with van der Waals surface area (Å²) in [5.41, 5.74) is 0. The quantitative estimate of drug-likeness (QED) is 0.209. The normalized spacial score (nSPS) is 35.0. The molecule has 0 aromatic carbocycles. The van der Waals surface area contributed by atoms with E-state index in [0.29, 0.717) is 6.04 Å². The number of aliphatic imine (C=N–C) groups is 1. The average Bonchev–Trinajstić information content (AvgIpc) is 2.80. The second kappa shape index (κ2) is 12.9. The number of carbonyl (C=O) groups is 1. The number of ether oxygens (including phenoxy) is 1. The van der Waals surface area contributed by atoms with Crippen LogP contribution in [0.1, 0.15) is 122 Å². The highest BCUT2D eigenvalue weighted by atomic mass is 16.5. The molecule has 3 aliphatic carbocycles. The lowest BCUT2D eigenvalue weighted by molar-refractivity contribution is -0.157. The third kappa shape index (κ3) is 7.38. The Balaban J connectivity index is 1.28. The molecule has 0 radical (unpaired) electrons. The van der Waals surface area contributed by atoms with Crippen LogP contribution in [0.15, 0.2) is 4.99 Å². The fourth-order valence-corrected chi connectivity index (χ4v) is 6.42. The van der Waals surface area contributed by atoms with Gasteiger partial charge in [-0.15, -0.1) is 0 Å². The molecule has 0 aliphatic heterocycles. The highest BCUT2D eigenvalue weighted by Gasteiger charge is 2.34. The molecule has 0 aromatic heterocycles. The van der Waals surface area contributed by atoms with Gasteiger partial charge in [-0.3, -0.25) is 9.79 Å². The van der Waals surface area contributed by atoms with E-state index in [1.54, 1.807) is 0 Å². The van der Waals surface area contributed by atoms with E-state index in [4.69, 9.17) is 4.74 Å². The molecule has 0 amide bonds. The van der Waals surface area contributed by atoms with Gasteiger partial charge in [0.15, 0.2) is 0 Å². The minimum Gasteiger partial charge on any atom is -0.462 e. The molecule has 0 heterocycles. The Labute approximate surface area is 185 Å². The topological polar surface area (TPSA) is 38.7 Å². The van der Waals surface area contributed by atoms with Gasteiger partial charge in [0.25, 0.3) is 0 Å². The number of hydrogen-bond donors (Lipinski definition) is 0. The van der Waals surface area contributed by atoms with E-state index in [9.17, 15) is 4.79 Å². The van der Waals surface area contributed by atoms with Gasteiger partial charge in [-0.25, -0.2) is 0 Å². The number of hydrogen-bond acceptors (Lipinski definition) is 3. The van der Waals surface area contributed by atoms with Crippen LogP contribution in [0.3, 0.4) is 0 Å². The number of unbranched alkanes of at least 4 members (excludes halogenated alkanes) is 4. The van der Waals surface area contributed by atoms with Gasteiger partial charge in [0, 0.05) is 6.04 Å². The average molecular weight is 418 g/mol. The number of esters is 1. The maximum absolute atomic E-state index is 12.7. The first kappa shape index (κ1) is 23.8. The van der Waals surface area contributed by atoms with Gasteiger partial charge in [-0.05, 0) is 88.7 Å². The molecule has 3 aliphatic rings. The molecule has 3 saturated carbocycles. The van der Waals surface area contributed by atoms with Crippen molar-refractivity contribution in [3.63, 3.8) is 0 Å². The molecule has 0 saturated heterocycles. The van der Waals surface area contributed by atoms with Crippen LogP contribution in [0.4, 0.5) is 0 Å². The zero-order chi connectivity index (χ0) is 21.2. The van der Waals surface area contributed by atoms with E-state index in [-0.39, 0.29) is 18.0 Å². The maximum Gasteiger partial charge on any atom is 0.309 e. The van der Waals surface area contributed by atoms with Crippen molar-refractivity contribution in [1.29, 1.82) is 0 Å². The number of rotatable bonds is 10. The summed E-state index contributed by atoms with van der Waals surface area (Å²) in [6.07, 6.45) is 23.1. The van der Waals surface area contributed by atoms with Crippen LogP contribution in [0.2, 0.25) is 0 Å². The van der Waals surface area contributed by atoms with Crippen molar-refractivity contribution in [2.24, 2.45) is 28.7 Å². The highest BCUT2D eigenvalue weighted by molar-refractivity contribution is 5.72. The summed E-state index contributed by atoms with van der Waals surface area (Å²) in [5, 5.41) is 0. The lowest BCUT2D eigenvalue weighted by atomic mass is 9.68. The summed E-state index contributed by atoms with van der Waals surface area (Å²) >= 11 is 0. The minimum atomic E-state index is 0.0928. The number of nitrogens with zero attached hydrogens (tertiary/aromatic N) is 1. The first-order valence-corrected chi connectivity index (χ1v) is 13.4. The third-order valence-electron chi connectivity index (χ3n) is 8.56. The first-order valence-electron chi connectivity index (χ1n) is 13.4. The molecule has 0 aromatic rings. The van der Waals surface area contributed by atoms with Gasteiger partial charge in [0.1, 0.15) is 6.10 Å². The summed E-state index contributed by atoms with van der Waals surface area (Å²) in [6, 6.07) is 0.381. The van der Waals surface area contributed by atoms with Crippen LogP contribution in [-0.2, 0) is 9.53 Å². The van der Waals surface area contributed by atoms with Gasteiger partial charge in [-0.2, -0.15) is 0 Å². The van der Waals surface area contributed by atoms with Crippen molar-refractivity contribution in [3.8, 4) is 0 Å². The molecule has 0 N–H and O–H groups in total. The van der Waals surface area contributed by atoms with E-state index in [1.807, 2.05) is 0 Å². The van der Waals surface area contributed by atoms with Crippen molar-refractivity contribution in [2.75, 3.05) is 0 Å². The molecule has 3 heteroatoms. The van der Waals surface area contributed by atoms with Gasteiger partial charge in [-0.1, -0.05) is 58.3 Å². The summed E-state index contributed by atoms with van der Waals surface area (Å²) < 4.78 is 5.88. The molecule has 30 heavy (non-hydrogen) atoms. The monoisotopic (exact) mass is 417 g/mol. The molecule has 3 fully saturated rings. The van der Waals surface area contributed by atoms with Crippen molar-refractivity contribution >= 4 is 12.7 Å². The fraction of sp³-hybridized carbons (Fsp3) is 0.926.